The summed E-state index contributed by atoms with van der Waals surface area (Å²) in [6, 6.07) is 7.54. The predicted octanol–water partition coefficient (Wildman–Crippen LogP) is 3.06. The van der Waals surface area contributed by atoms with Crippen LogP contribution in [0.4, 0.5) is 4.39 Å². The number of carbonyl (C=O) groups is 1. The van der Waals surface area contributed by atoms with Crippen molar-refractivity contribution in [1.29, 1.82) is 0 Å². The van der Waals surface area contributed by atoms with Crippen LogP contribution in [0.1, 0.15) is 10.5 Å². The van der Waals surface area contributed by atoms with E-state index < -0.39 is 11.8 Å². The topological polar surface area (TPSA) is 31.2 Å². The molecule has 0 N–H and O–H groups in total. The van der Waals surface area contributed by atoms with Crippen LogP contribution in [0.25, 0.3) is 5.69 Å². The third kappa shape index (κ3) is 2.17. The fraction of sp³-hybridized carbons (Fsp3) is 0.0833. The summed E-state index contributed by atoms with van der Waals surface area (Å²) in [5.74, 6) is -0.961. The number of aromatic nitrogens is 1. The molecule has 0 spiro atoms. The van der Waals surface area contributed by atoms with Crippen LogP contribution in [-0.4, -0.2) is 17.6 Å². The summed E-state index contributed by atoms with van der Waals surface area (Å²) >= 11 is 5.69. The average Bonchev–Trinajstić information content (AvgIpc) is 2.80. The zero-order valence-electron chi connectivity index (χ0n) is 8.98. The molecule has 1 aromatic carbocycles. The van der Waals surface area contributed by atoms with Gasteiger partial charge in [0.25, 0.3) is 0 Å². The zero-order valence-corrected chi connectivity index (χ0v) is 9.74. The first-order chi connectivity index (χ1) is 8.13. The molecular formula is C12H9ClFNO2. The molecule has 2 rings (SSSR count). The minimum Gasteiger partial charge on any atom is -0.464 e. The van der Waals surface area contributed by atoms with Gasteiger partial charge in [0.15, 0.2) is 0 Å². The molecule has 2 aromatic rings. The summed E-state index contributed by atoms with van der Waals surface area (Å²) in [6.45, 7) is 0. The lowest BCUT2D eigenvalue weighted by Gasteiger charge is -2.08. The van der Waals surface area contributed by atoms with Gasteiger partial charge in [-0.05, 0) is 30.3 Å². The van der Waals surface area contributed by atoms with Crippen LogP contribution in [0, 0.1) is 5.82 Å². The molecular weight excluding hydrogens is 245 g/mol. The molecule has 0 bridgehead atoms. The second-order valence-corrected chi connectivity index (χ2v) is 3.76. The summed E-state index contributed by atoms with van der Waals surface area (Å²) in [4.78, 5) is 11.5. The Morgan fingerprint density at radius 1 is 1.41 bits per heavy atom. The van der Waals surface area contributed by atoms with Crippen molar-refractivity contribution in [1.82, 2.24) is 4.57 Å². The molecule has 0 saturated carbocycles. The van der Waals surface area contributed by atoms with Crippen LogP contribution in [0.15, 0.2) is 36.5 Å². The van der Waals surface area contributed by atoms with Crippen molar-refractivity contribution in [2.75, 3.05) is 7.11 Å². The monoisotopic (exact) mass is 253 g/mol. The summed E-state index contributed by atoms with van der Waals surface area (Å²) < 4.78 is 19.3. The Labute approximate surface area is 102 Å². The Kier molecular flexibility index (Phi) is 3.15. The van der Waals surface area contributed by atoms with E-state index in [0.717, 1.165) is 0 Å². The van der Waals surface area contributed by atoms with Crippen molar-refractivity contribution in [3.05, 3.63) is 53.1 Å². The van der Waals surface area contributed by atoms with Gasteiger partial charge in [-0.2, -0.15) is 0 Å². The van der Waals surface area contributed by atoms with Gasteiger partial charge >= 0.3 is 5.97 Å². The van der Waals surface area contributed by atoms with Crippen LogP contribution in [0.5, 0.6) is 0 Å². The molecule has 0 aliphatic carbocycles. The summed E-state index contributed by atoms with van der Waals surface area (Å²) in [5.41, 5.74) is 0.956. The number of halogens is 2. The van der Waals surface area contributed by atoms with Gasteiger partial charge < -0.3 is 9.30 Å². The maximum atomic E-state index is 13.0. The van der Waals surface area contributed by atoms with Gasteiger partial charge in [-0.25, -0.2) is 9.18 Å². The first-order valence-corrected chi connectivity index (χ1v) is 5.22. The predicted molar refractivity (Wildman–Crippen MR) is 62.1 cm³/mol. The molecule has 0 aliphatic rings. The SMILES string of the molecule is COC(=O)c1cccn1-c1ccc(F)c(Cl)c1. The minimum atomic E-state index is -0.498. The fourth-order valence-electron chi connectivity index (χ4n) is 1.51. The van der Waals surface area contributed by atoms with E-state index in [1.54, 1.807) is 22.9 Å². The standard InChI is InChI=1S/C12H9ClFNO2/c1-17-12(16)11-3-2-6-15(11)8-4-5-10(14)9(13)7-8/h2-7H,1H3. The molecule has 0 amide bonds. The van der Waals surface area contributed by atoms with Crippen LogP contribution < -0.4 is 0 Å². The van der Waals surface area contributed by atoms with Gasteiger partial charge in [0, 0.05) is 11.9 Å². The Bertz CT molecular complexity index is 565. The summed E-state index contributed by atoms with van der Waals surface area (Å²) in [5, 5.41) is 0.00650. The van der Waals surface area contributed by atoms with Gasteiger partial charge in [-0.15, -0.1) is 0 Å². The van der Waals surface area contributed by atoms with E-state index in [4.69, 9.17) is 11.6 Å². The smallest absolute Gasteiger partial charge is 0.355 e. The first kappa shape index (κ1) is 11.7. The van der Waals surface area contributed by atoms with E-state index in [1.807, 2.05) is 0 Å². The fourth-order valence-corrected chi connectivity index (χ4v) is 1.69. The lowest BCUT2D eigenvalue weighted by molar-refractivity contribution is 0.0591. The van der Waals surface area contributed by atoms with Gasteiger partial charge in [-0.1, -0.05) is 11.6 Å². The number of hydrogen-bond donors (Lipinski definition) is 0. The number of carbonyl (C=O) groups excluding carboxylic acids is 1. The van der Waals surface area contributed by atoms with E-state index in [9.17, 15) is 9.18 Å². The van der Waals surface area contributed by atoms with Crippen LogP contribution in [0.2, 0.25) is 5.02 Å². The number of benzene rings is 1. The van der Waals surface area contributed by atoms with Gasteiger partial charge in [0.05, 0.1) is 12.1 Å². The van der Waals surface area contributed by atoms with E-state index in [0.29, 0.717) is 11.4 Å². The molecule has 88 valence electrons. The quantitative estimate of drug-likeness (QED) is 0.771. The molecule has 17 heavy (non-hydrogen) atoms. The lowest BCUT2D eigenvalue weighted by atomic mass is 10.3. The number of ether oxygens (including phenoxy) is 1. The van der Waals surface area contributed by atoms with Crippen LogP contribution >= 0.6 is 11.6 Å². The number of nitrogens with zero attached hydrogens (tertiary/aromatic N) is 1. The minimum absolute atomic E-state index is 0.00650. The van der Waals surface area contributed by atoms with Gasteiger partial charge in [0.2, 0.25) is 0 Å². The summed E-state index contributed by atoms with van der Waals surface area (Å²) in [7, 11) is 1.30. The lowest BCUT2D eigenvalue weighted by Crippen LogP contribution is -2.08. The molecule has 0 unspecified atom stereocenters. The third-order valence-corrected chi connectivity index (χ3v) is 2.61. The Hall–Kier alpha value is -1.81. The maximum absolute atomic E-state index is 13.0. The summed E-state index contributed by atoms with van der Waals surface area (Å²) in [6.07, 6.45) is 1.68. The number of hydrogen-bond acceptors (Lipinski definition) is 2. The van der Waals surface area contributed by atoms with Crippen molar-refractivity contribution in [2.45, 2.75) is 0 Å². The molecule has 0 fully saturated rings. The molecule has 1 heterocycles. The van der Waals surface area contributed by atoms with Crippen LogP contribution in [0.3, 0.4) is 0 Å². The average molecular weight is 254 g/mol. The largest absolute Gasteiger partial charge is 0.464 e. The van der Waals surface area contributed by atoms with E-state index in [2.05, 4.69) is 4.74 Å². The molecule has 0 radical (unpaired) electrons. The van der Waals surface area contributed by atoms with Crippen molar-refractivity contribution in [3.8, 4) is 5.69 Å². The third-order valence-electron chi connectivity index (χ3n) is 2.32. The number of esters is 1. The van der Waals surface area contributed by atoms with Gasteiger partial charge in [-0.3, -0.25) is 0 Å². The molecule has 0 saturated heterocycles. The van der Waals surface area contributed by atoms with E-state index in [-0.39, 0.29) is 5.02 Å². The van der Waals surface area contributed by atoms with E-state index in [1.165, 1.54) is 25.3 Å². The Morgan fingerprint density at radius 3 is 2.82 bits per heavy atom. The Morgan fingerprint density at radius 2 is 2.18 bits per heavy atom. The Balaban J connectivity index is 2.50. The molecule has 0 atom stereocenters. The molecule has 5 heteroatoms. The second kappa shape index (κ2) is 4.59. The van der Waals surface area contributed by atoms with Crippen LogP contribution in [-0.2, 0) is 4.74 Å². The van der Waals surface area contributed by atoms with Crippen molar-refractivity contribution in [2.24, 2.45) is 0 Å². The highest BCUT2D eigenvalue weighted by atomic mass is 35.5. The zero-order chi connectivity index (χ0) is 12.4. The highest BCUT2D eigenvalue weighted by Gasteiger charge is 2.12. The maximum Gasteiger partial charge on any atom is 0.355 e. The number of methoxy groups -OCH3 is 1. The normalized spacial score (nSPS) is 10.3. The molecule has 1 aromatic heterocycles. The molecule has 0 aliphatic heterocycles. The highest BCUT2D eigenvalue weighted by Crippen LogP contribution is 2.20. The number of rotatable bonds is 2. The van der Waals surface area contributed by atoms with Crippen molar-refractivity contribution in [3.63, 3.8) is 0 Å². The second-order valence-electron chi connectivity index (χ2n) is 3.35. The van der Waals surface area contributed by atoms with Crippen molar-refractivity contribution < 1.29 is 13.9 Å². The van der Waals surface area contributed by atoms with Gasteiger partial charge in [0.1, 0.15) is 11.5 Å². The van der Waals surface area contributed by atoms with Crippen molar-refractivity contribution >= 4 is 17.6 Å². The van der Waals surface area contributed by atoms with E-state index >= 15 is 0 Å². The highest BCUT2D eigenvalue weighted by molar-refractivity contribution is 6.30. The molecule has 3 nitrogen and oxygen atoms in total. The first-order valence-electron chi connectivity index (χ1n) is 4.84.